The van der Waals surface area contributed by atoms with Crippen LogP contribution in [0.5, 0.6) is 0 Å². The van der Waals surface area contributed by atoms with Gasteiger partial charge in [-0.3, -0.25) is 9.89 Å². The fourth-order valence-corrected chi connectivity index (χ4v) is 3.82. The van der Waals surface area contributed by atoms with E-state index in [4.69, 9.17) is 0 Å². The monoisotopic (exact) mass is 388 g/mol. The Bertz CT molecular complexity index is 1290. The summed E-state index contributed by atoms with van der Waals surface area (Å²) < 4.78 is 2.50. The number of allylic oxidation sites excluding steroid dienone is 1. The summed E-state index contributed by atoms with van der Waals surface area (Å²) in [5.74, 6) is 0. The number of fused-ring (bicyclic) bond motifs is 1. The standard InChI is InChI=1S/C22H20N4OS/c1-15-18(8-6-7-16-11-13-17(14-12-16)25(2)3)21(27)26(24-15)22-23-19-9-4-5-10-20(19)28-22/h4-14,24H,1H2,2-3H3. The van der Waals surface area contributed by atoms with E-state index in [1.807, 2.05) is 62.6 Å². The predicted molar refractivity (Wildman–Crippen MR) is 119 cm³/mol. The zero-order chi connectivity index (χ0) is 19.7. The number of nitrogens with zero attached hydrogens (tertiary/aromatic N) is 3. The van der Waals surface area contributed by atoms with Crippen molar-refractivity contribution in [2.45, 2.75) is 0 Å². The largest absolute Gasteiger partial charge is 0.378 e. The molecule has 140 valence electrons. The van der Waals surface area contributed by atoms with Gasteiger partial charge in [0.05, 0.1) is 20.8 Å². The zero-order valence-electron chi connectivity index (χ0n) is 15.7. The third-order valence-electron chi connectivity index (χ3n) is 4.44. The number of para-hydroxylation sites is 1. The van der Waals surface area contributed by atoms with E-state index in [0.29, 0.717) is 15.7 Å². The number of anilines is 1. The summed E-state index contributed by atoms with van der Waals surface area (Å²) in [5.41, 5.74) is 2.93. The minimum Gasteiger partial charge on any atom is -0.378 e. The molecule has 0 fully saturated rings. The summed E-state index contributed by atoms with van der Waals surface area (Å²) in [6, 6.07) is 16.0. The van der Waals surface area contributed by atoms with Crippen LogP contribution in [-0.2, 0) is 0 Å². The molecule has 0 unspecified atom stereocenters. The van der Waals surface area contributed by atoms with Crippen LogP contribution in [0.25, 0.3) is 34.1 Å². The van der Waals surface area contributed by atoms with Gasteiger partial charge in [-0.25, -0.2) is 4.98 Å². The number of benzene rings is 2. The average Bonchev–Trinajstić information content (AvgIpc) is 3.24. The Hall–Kier alpha value is -3.38. The fraction of sp³-hybridized carbons (Fsp3) is 0.0909. The highest BCUT2D eigenvalue weighted by Gasteiger charge is 2.09. The second-order valence-corrected chi connectivity index (χ2v) is 7.63. The van der Waals surface area contributed by atoms with E-state index in [2.05, 4.69) is 33.7 Å². The van der Waals surface area contributed by atoms with Gasteiger partial charge in [0, 0.05) is 19.8 Å². The average molecular weight is 388 g/mol. The Kier molecular flexibility index (Phi) is 4.71. The van der Waals surface area contributed by atoms with E-state index in [1.54, 1.807) is 6.08 Å². The Morgan fingerprint density at radius 2 is 1.89 bits per heavy atom. The lowest BCUT2D eigenvalue weighted by Gasteiger charge is -2.11. The van der Waals surface area contributed by atoms with E-state index in [-0.39, 0.29) is 5.56 Å². The molecule has 0 saturated heterocycles. The third-order valence-corrected chi connectivity index (χ3v) is 5.46. The maximum atomic E-state index is 12.8. The number of thiazole rings is 1. The Morgan fingerprint density at radius 3 is 2.61 bits per heavy atom. The Labute approximate surface area is 166 Å². The number of hydrogen-bond donors (Lipinski definition) is 1. The summed E-state index contributed by atoms with van der Waals surface area (Å²) >= 11 is 1.47. The quantitative estimate of drug-likeness (QED) is 0.585. The van der Waals surface area contributed by atoms with E-state index < -0.39 is 0 Å². The molecule has 28 heavy (non-hydrogen) atoms. The topological polar surface area (TPSA) is 53.9 Å². The van der Waals surface area contributed by atoms with E-state index in [9.17, 15) is 4.79 Å². The highest BCUT2D eigenvalue weighted by molar-refractivity contribution is 7.20. The van der Waals surface area contributed by atoms with Gasteiger partial charge >= 0.3 is 0 Å². The molecule has 2 heterocycles. The van der Waals surface area contributed by atoms with Crippen molar-refractivity contribution >= 4 is 46.0 Å². The van der Waals surface area contributed by atoms with Crippen molar-refractivity contribution in [1.82, 2.24) is 14.8 Å². The predicted octanol–water partition coefficient (Wildman–Crippen LogP) is 2.75. The second kappa shape index (κ2) is 7.32. The van der Waals surface area contributed by atoms with Crippen molar-refractivity contribution in [2.24, 2.45) is 0 Å². The van der Waals surface area contributed by atoms with Crippen LogP contribution in [0.1, 0.15) is 5.56 Å². The maximum Gasteiger partial charge on any atom is 0.281 e. The minimum atomic E-state index is -0.156. The first-order valence-corrected chi connectivity index (χ1v) is 9.66. The lowest BCUT2D eigenvalue weighted by Crippen LogP contribution is -2.33. The molecule has 2 aromatic heterocycles. The molecule has 0 radical (unpaired) electrons. The van der Waals surface area contributed by atoms with Gasteiger partial charge in [0.1, 0.15) is 0 Å². The molecule has 0 spiro atoms. The molecule has 2 aromatic carbocycles. The first-order valence-electron chi connectivity index (χ1n) is 8.84. The first-order chi connectivity index (χ1) is 13.5. The molecule has 6 heteroatoms. The number of H-pyrrole nitrogens is 1. The van der Waals surface area contributed by atoms with Gasteiger partial charge in [-0.05, 0) is 35.9 Å². The van der Waals surface area contributed by atoms with Gasteiger partial charge in [0.15, 0.2) is 0 Å². The number of nitrogens with one attached hydrogen (secondary N) is 1. The van der Waals surface area contributed by atoms with E-state index in [0.717, 1.165) is 21.5 Å². The molecular formula is C22H20N4OS. The van der Waals surface area contributed by atoms with Crippen LogP contribution in [-0.4, -0.2) is 28.9 Å². The SMILES string of the molecule is C=c1[nH]n(-c2nc3ccccc3s2)c(=O)c1=CC=Cc1ccc(N(C)C)cc1. The van der Waals surface area contributed by atoms with Crippen molar-refractivity contribution in [3.8, 4) is 5.13 Å². The molecule has 5 nitrogen and oxygen atoms in total. The summed E-state index contributed by atoms with van der Waals surface area (Å²) in [6.07, 6.45) is 5.62. The normalized spacial score (nSPS) is 12.3. The lowest BCUT2D eigenvalue weighted by atomic mass is 10.2. The van der Waals surface area contributed by atoms with Crippen molar-refractivity contribution in [3.63, 3.8) is 0 Å². The Balaban J connectivity index is 1.67. The minimum absolute atomic E-state index is 0.156. The van der Waals surface area contributed by atoms with Crippen LogP contribution < -0.4 is 21.0 Å². The molecule has 0 aliphatic heterocycles. The van der Waals surface area contributed by atoms with Crippen molar-refractivity contribution in [3.05, 3.63) is 81.1 Å². The zero-order valence-corrected chi connectivity index (χ0v) is 16.5. The molecule has 0 amide bonds. The highest BCUT2D eigenvalue weighted by atomic mass is 32.1. The number of aromatic amines is 1. The van der Waals surface area contributed by atoms with Gasteiger partial charge in [-0.2, -0.15) is 4.68 Å². The van der Waals surface area contributed by atoms with Crippen molar-refractivity contribution < 1.29 is 0 Å². The van der Waals surface area contributed by atoms with Crippen LogP contribution in [0, 0.1) is 0 Å². The van der Waals surface area contributed by atoms with Gasteiger partial charge in [-0.1, -0.05) is 54.3 Å². The van der Waals surface area contributed by atoms with Crippen LogP contribution in [0.15, 0.2) is 59.4 Å². The Morgan fingerprint density at radius 1 is 1.14 bits per heavy atom. The molecule has 4 rings (SSSR count). The molecule has 0 aliphatic rings. The van der Waals surface area contributed by atoms with Crippen LogP contribution >= 0.6 is 11.3 Å². The van der Waals surface area contributed by atoms with Gasteiger partial charge < -0.3 is 4.90 Å². The third kappa shape index (κ3) is 3.42. The van der Waals surface area contributed by atoms with Crippen LogP contribution in [0.2, 0.25) is 0 Å². The van der Waals surface area contributed by atoms with E-state index in [1.165, 1.54) is 16.0 Å². The summed E-state index contributed by atoms with van der Waals surface area (Å²) in [7, 11) is 4.02. The summed E-state index contributed by atoms with van der Waals surface area (Å²) in [5, 5.41) is 4.73. The highest BCUT2D eigenvalue weighted by Crippen LogP contribution is 2.22. The van der Waals surface area contributed by atoms with Gasteiger partial charge in [-0.15, -0.1) is 0 Å². The molecule has 0 atom stereocenters. The van der Waals surface area contributed by atoms with Crippen LogP contribution in [0.3, 0.4) is 0 Å². The van der Waals surface area contributed by atoms with Gasteiger partial charge in [0.2, 0.25) is 5.13 Å². The molecule has 1 N–H and O–H groups in total. The molecule has 0 aliphatic carbocycles. The number of aromatic nitrogens is 3. The van der Waals surface area contributed by atoms with E-state index >= 15 is 0 Å². The second-order valence-electron chi connectivity index (χ2n) is 6.62. The lowest BCUT2D eigenvalue weighted by molar-refractivity contribution is 0.832. The van der Waals surface area contributed by atoms with Crippen LogP contribution in [0.4, 0.5) is 5.69 Å². The molecule has 0 saturated carbocycles. The first kappa shape index (κ1) is 18.0. The van der Waals surface area contributed by atoms with Gasteiger partial charge in [0.25, 0.3) is 5.56 Å². The summed E-state index contributed by atoms with van der Waals surface area (Å²) in [6.45, 7) is 3.97. The molecule has 0 bridgehead atoms. The summed E-state index contributed by atoms with van der Waals surface area (Å²) in [4.78, 5) is 19.4. The molecule has 4 aromatic rings. The smallest absolute Gasteiger partial charge is 0.281 e. The van der Waals surface area contributed by atoms with Crippen molar-refractivity contribution in [1.29, 1.82) is 0 Å². The fourth-order valence-electron chi connectivity index (χ4n) is 2.90. The van der Waals surface area contributed by atoms with Crippen molar-refractivity contribution in [2.75, 3.05) is 19.0 Å². The number of rotatable bonds is 4. The molecular weight excluding hydrogens is 368 g/mol. The maximum absolute atomic E-state index is 12.8. The number of hydrogen-bond acceptors (Lipinski definition) is 4.